The van der Waals surface area contributed by atoms with Crippen LogP contribution in [0, 0.1) is 46.8 Å². The highest BCUT2D eigenvalue weighted by Gasteiger charge is 2.67. The molecule has 5 aliphatic rings. The number of aromatic nitrogens is 1. The van der Waals surface area contributed by atoms with E-state index in [0.717, 1.165) is 33.5 Å². The van der Waals surface area contributed by atoms with Crippen molar-refractivity contribution in [3.63, 3.8) is 0 Å². The Bertz CT molecular complexity index is 1440. The lowest BCUT2D eigenvalue weighted by atomic mass is 9.63. The molecular weight excluding hydrogens is 424 g/mol. The molecule has 2 amide bonds. The third kappa shape index (κ3) is 2.64. The summed E-state index contributed by atoms with van der Waals surface area (Å²) in [5.41, 5.74) is 3.42. The van der Waals surface area contributed by atoms with Crippen molar-refractivity contribution in [2.75, 3.05) is 0 Å². The van der Waals surface area contributed by atoms with Crippen molar-refractivity contribution in [2.24, 2.45) is 40.6 Å². The number of hydrogen-bond acceptors (Lipinski definition) is 4. The van der Waals surface area contributed by atoms with Gasteiger partial charge in [-0.3, -0.25) is 9.59 Å². The summed E-state index contributed by atoms with van der Waals surface area (Å²) in [5.74, 6) is 0.750. The fraction of sp³-hybridized carbons (Fsp3) is 0.286. The van der Waals surface area contributed by atoms with Gasteiger partial charge in [0.25, 0.3) is 11.8 Å². The van der Waals surface area contributed by atoms with Crippen LogP contribution in [-0.4, -0.2) is 27.6 Å². The number of imide groups is 1. The molecule has 4 aliphatic carbocycles. The minimum atomic E-state index is -0.243. The highest BCUT2D eigenvalue weighted by Crippen LogP contribution is 2.65. The van der Waals surface area contributed by atoms with Gasteiger partial charge >= 0.3 is 0 Å². The maximum atomic E-state index is 13.2. The molecule has 6 nitrogen and oxygen atoms in total. The topological polar surface area (TPSA) is 78.5 Å². The van der Waals surface area contributed by atoms with Gasteiger partial charge in [0.15, 0.2) is 0 Å². The van der Waals surface area contributed by atoms with Crippen LogP contribution in [-0.2, 0) is 16.1 Å². The Morgan fingerprint density at radius 2 is 1.65 bits per heavy atom. The number of hydrazone groups is 1. The first-order chi connectivity index (χ1) is 16.7. The third-order valence-electron chi connectivity index (χ3n) is 8.25. The molecule has 1 aromatic heterocycles. The Balaban J connectivity index is 1.22. The van der Waals surface area contributed by atoms with E-state index in [1.807, 2.05) is 54.7 Å². The van der Waals surface area contributed by atoms with E-state index in [9.17, 15) is 14.9 Å². The van der Waals surface area contributed by atoms with E-state index in [1.165, 1.54) is 0 Å². The van der Waals surface area contributed by atoms with Gasteiger partial charge in [-0.1, -0.05) is 48.6 Å². The number of nitrogens with zero attached hydrogens (tertiary/aromatic N) is 4. The summed E-state index contributed by atoms with van der Waals surface area (Å²) in [6.45, 7) is 0.543. The summed E-state index contributed by atoms with van der Waals surface area (Å²) in [4.78, 5) is 26.5. The summed E-state index contributed by atoms with van der Waals surface area (Å²) in [7, 11) is 0. The van der Waals surface area contributed by atoms with Crippen LogP contribution in [0.3, 0.4) is 0 Å². The molecule has 0 unspecified atom stereocenters. The van der Waals surface area contributed by atoms with E-state index in [4.69, 9.17) is 0 Å². The van der Waals surface area contributed by atoms with Crippen LogP contribution in [0.2, 0.25) is 0 Å². The molecule has 3 fully saturated rings. The van der Waals surface area contributed by atoms with Crippen molar-refractivity contribution in [3.05, 3.63) is 83.6 Å². The van der Waals surface area contributed by atoms with Crippen LogP contribution < -0.4 is 0 Å². The highest BCUT2D eigenvalue weighted by molar-refractivity contribution is 6.07. The predicted molar refractivity (Wildman–Crippen MR) is 126 cm³/mol. The van der Waals surface area contributed by atoms with Gasteiger partial charge in [-0.05, 0) is 47.8 Å². The number of allylic oxidation sites excluding steroid dienone is 2. The highest BCUT2D eigenvalue weighted by atomic mass is 16.2. The quantitative estimate of drug-likeness (QED) is 0.346. The zero-order valence-corrected chi connectivity index (χ0v) is 18.4. The van der Waals surface area contributed by atoms with Crippen molar-refractivity contribution in [3.8, 4) is 6.07 Å². The molecule has 6 atom stereocenters. The van der Waals surface area contributed by atoms with Crippen LogP contribution in [0.5, 0.6) is 0 Å². The summed E-state index contributed by atoms with van der Waals surface area (Å²) in [5, 5.41) is 16.0. The van der Waals surface area contributed by atoms with Gasteiger partial charge in [0.2, 0.25) is 0 Å². The largest absolute Gasteiger partial charge is 0.342 e. The summed E-state index contributed by atoms with van der Waals surface area (Å²) in [6.07, 6.45) is 9.10. The van der Waals surface area contributed by atoms with Crippen LogP contribution in [0.1, 0.15) is 23.1 Å². The Kier molecular flexibility index (Phi) is 4.02. The first-order valence-corrected chi connectivity index (χ1v) is 11.8. The van der Waals surface area contributed by atoms with E-state index in [-0.39, 0.29) is 35.5 Å². The van der Waals surface area contributed by atoms with Crippen molar-refractivity contribution in [1.82, 2.24) is 9.58 Å². The van der Waals surface area contributed by atoms with Gasteiger partial charge in [-0.25, -0.2) is 0 Å². The number of rotatable bonds is 4. The number of fused-ring (bicyclic) bond motifs is 1. The summed E-state index contributed by atoms with van der Waals surface area (Å²) >= 11 is 0. The molecule has 0 N–H and O–H groups in total. The molecule has 34 heavy (non-hydrogen) atoms. The molecule has 1 saturated heterocycles. The fourth-order valence-electron chi connectivity index (χ4n) is 6.63. The molecule has 2 bridgehead atoms. The first-order valence-electron chi connectivity index (χ1n) is 11.8. The van der Waals surface area contributed by atoms with Crippen molar-refractivity contribution in [2.45, 2.75) is 13.0 Å². The van der Waals surface area contributed by atoms with Crippen LogP contribution >= 0.6 is 0 Å². The van der Waals surface area contributed by atoms with Gasteiger partial charge in [0.05, 0.1) is 29.7 Å². The Morgan fingerprint density at radius 3 is 2.38 bits per heavy atom. The Labute approximate surface area is 196 Å². The lowest BCUT2D eigenvalue weighted by molar-refractivity contribution is -0.140. The smallest absolute Gasteiger partial charge is 0.254 e. The lowest BCUT2D eigenvalue weighted by Crippen LogP contribution is -2.40. The van der Waals surface area contributed by atoms with Gasteiger partial charge in [0, 0.05) is 29.2 Å². The second-order valence-corrected chi connectivity index (χ2v) is 9.89. The van der Waals surface area contributed by atoms with E-state index in [1.54, 1.807) is 6.21 Å². The molecule has 166 valence electrons. The zero-order valence-electron chi connectivity index (χ0n) is 18.4. The van der Waals surface area contributed by atoms with E-state index in [2.05, 4.69) is 27.9 Å². The third-order valence-corrected chi connectivity index (χ3v) is 8.25. The average Bonchev–Trinajstić information content (AvgIpc) is 3.58. The number of carbonyl (C=O) groups is 2. The second kappa shape index (κ2) is 7.01. The lowest BCUT2D eigenvalue weighted by Gasteiger charge is -2.37. The minimum absolute atomic E-state index is 0.150. The summed E-state index contributed by atoms with van der Waals surface area (Å²) in [6, 6.07) is 17.8. The molecule has 6 heteroatoms. The second-order valence-electron chi connectivity index (χ2n) is 9.89. The molecule has 2 saturated carbocycles. The molecule has 0 radical (unpaired) electrons. The minimum Gasteiger partial charge on any atom is -0.342 e. The maximum absolute atomic E-state index is 13.2. The van der Waals surface area contributed by atoms with Gasteiger partial charge < -0.3 is 4.57 Å². The van der Waals surface area contributed by atoms with Crippen molar-refractivity contribution in [1.29, 1.82) is 5.26 Å². The monoisotopic (exact) mass is 446 g/mol. The molecule has 3 aromatic rings. The van der Waals surface area contributed by atoms with E-state index >= 15 is 0 Å². The van der Waals surface area contributed by atoms with Gasteiger partial charge in [-0.2, -0.15) is 15.4 Å². The maximum Gasteiger partial charge on any atom is 0.254 e. The van der Waals surface area contributed by atoms with Crippen molar-refractivity contribution >= 4 is 28.9 Å². The zero-order chi connectivity index (χ0) is 23.0. The standard InChI is InChI=1S/C28H22N4O2/c29-12-16-5-1-2-6-17(16)14-31-15-18(19-7-3-4-8-24(19)31)13-30-32-27(33)25-20-9-10-21(23-11-22(20)23)26(25)28(32)34/h1-10,13,15,20-23,25-26H,11,14H2/b30-13-/t20-,21-,22-,23+,25-,26+/m1/s1. The van der Waals surface area contributed by atoms with Crippen LogP contribution in [0.25, 0.3) is 10.9 Å². The number of carbonyl (C=O) groups excluding carboxylic acids is 2. The molecular formula is C28H22N4O2. The van der Waals surface area contributed by atoms with E-state index in [0.29, 0.717) is 23.9 Å². The Hall–Kier alpha value is -3.98. The molecule has 0 spiro atoms. The number of nitriles is 1. The molecule has 1 aliphatic heterocycles. The van der Waals surface area contributed by atoms with Crippen LogP contribution in [0.4, 0.5) is 0 Å². The van der Waals surface area contributed by atoms with Crippen LogP contribution in [0.15, 0.2) is 72.0 Å². The molecule has 2 heterocycles. The predicted octanol–water partition coefficient (Wildman–Crippen LogP) is 3.95. The molecule has 8 rings (SSSR count). The normalized spacial score (nSPS) is 30.7. The van der Waals surface area contributed by atoms with Crippen molar-refractivity contribution < 1.29 is 9.59 Å². The number of amides is 2. The fourth-order valence-corrected chi connectivity index (χ4v) is 6.63. The summed E-state index contributed by atoms with van der Waals surface area (Å²) < 4.78 is 2.08. The Morgan fingerprint density at radius 1 is 0.971 bits per heavy atom. The first kappa shape index (κ1) is 19.5. The SMILES string of the molecule is N#Cc1ccccc1Cn1cc(/C=N\N2C(=O)[C@@H]3[C@@H]4C=C[C@H]([C@@H]5C[C@H]45)[C@@H]3C2=O)c2ccccc21. The number of benzene rings is 2. The van der Waals surface area contributed by atoms with Gasteiger partial charge in [-0.15, -0.1) is 0 Å². The number of hydrogen-bond donors (Lipinski definition) is 0. The molecule has 2 aromatic carbocycles. The van der Waals surface area contributed by atoms with E-state index < -0.39 is 0 Å². The number of para-hydroxylation sites is 1. The van der Waals surface area contributed by atoms with Gasteiger partial charge in [0.1, 0.15) is 0 Å². The average molecular weight is 447 g/mol.